The molecule has 7 nitrogen and oxygen atoms in total. The third kappa shape index (κ3) is 3.78. The molecule has 8 heteroatoms. The van der Waals surface area contributed by atoms with Gasteiger partial charge < -0.3 is 20.9 Å². The molecule has 0 fully saturated rings. The molecule has 0 spiro atoms. The average molecular weight is 422 g/mol. The van der Waals surface area contributed by atoms with Crippen LogP contribution in [0.2, 0.25) is 5.15 Å². The van der Waals surface area contributed by atoms with E-state index in [9.17, 15) is 10.1 Å². The van der Waals surface area contributed by atoms with Crippen molar-refractivity contribution in [1.29, 1.82) is 10.7 Å². The zero-order valence-electron chi connectivity index (χ0n) is 16.7. The van der Waals surface area contributed by atoms with Crippen LogP contribution < -0.4 is 16.5 Å². The number of allylic oxidation sites excluding steroid dienone is 1. The lowest BCUT2D eigenvalue weighted by Crippen LogP contribution is -2.14. The number of hydrogen-bond donors (Lipinski definition) is 3. The highest BCUT2D eigenvalue weighted by Gasteiger charge is 2.20. The Morgan fingerprint density at radius 2 is 2.13 bits per heavy atom. The van der Waals surface area contributed by atoms with Crippen LogP contribution in [0.25, 0.3) is 16.5 Å². The van der Waals surface area contributed by atoms with Gasteiger partial charge in [0.25, 0.3) is 0 Å². The summed E-state index contributed by atoms with van der Waals surface area (Å²) in [5.41, 5.74) is 8.82. The van der Waals surface area contributed by atoms with Crippen LogP contribution in [0, 0.1) is 30.6 Å². The molecule has 0 radical (unpaired) electrons. The lowest BCUT2D eigenvalue weighted by atomic mass is 9.99. The second-order valence-electron chi connectivity index (χ2n) is 6.89. The predicted octanol–water partition coefficient (Wildman–Crippen LogP) is 4.45. The molecule has 30 heavy (non-hydrogen) atoms. The molecule has 0 aliphatic rings. The van der Waals surface area contributed by atoms with Crippen molar-refractivity contribution in [3.05, 3.63) is 74.0 Å². The van der Waals surface area contributed by atoms with Crippen LogP contribution >= 0.6 is 11.6 Å². The quantitative estimate of drug-likeness (QED) is 0.412. The summed E-state index contributed by atoms with van der Waals surface area (Å²) < 4.78 is 6.10. The van der Waals surface area contributed by atoms with Crippen molar-refractivity contribution >= 4 is 40.0 Å². The molecule has 1 aromatic carbocycles. The molecule has 0 amide bonds. The van der Waals surface area contributed by atoms with Gasteiger partial charge in [0.05, 0.1) is 22.7 Å². The number of benzene rings is 1. The SMILES string of the molecule is Cc1cc([C@@H](C)Nc2ccc(Cl)nc2C#N)c2oc(/C(C=N)=C/N)c(C)c(=O)c2c1. The number of anilines is 1. The molecule has 0 saturated carbocycles. The van der Waals surface area contributed by atoms with Crippen molar-refractivity contribution in [1.82, 2.24) is 4.98 Å². The van der Waals surface area contributed by atoms with Crippen molar-refractivity contribution in [2.75, 3.05) is 5.32 Å². The third-order valence-electron chi connectivity index (χ3n) is 4.79. The first kappa shape index (κ1) is 21.1. The maximum atomic E-state index is 13.0. The minimum atomic E-state index is -0.327. The molecule has 2 aromatic heterocycles. The second kappa shape index (κ2) is 8.39. The van der Waals surface area contributed by atoms with Crippen molar-refractivity contribution in [3.63, 3.8) is 0 Å². The summed E-state index contributed by atoms with van der Waals surface area (Å²) >= 11 is 5.88. The molecular weight excluding hydrogens is 402 g/mol. The monoisotopic (exact) mass is 421 g/mol. The van der Waals surface area contributed by atoms with Crippen LogP contribution in [0.3, 0.4) is 0 Å². The van der Waals surface area contributed by atoms with Crippen LogP contribution in [0.15, 0.2) is 39.7 Å². The first-order chi connectivity index (χ1) is 14.3. The molecule has 1 atom stereocenters. The number of hydrogen-bond acceptors (Lipinski definition) is 7. The Hall–Kier alpha value is -3.63. The topological polar surface area (TPSA) is 129 Å². The second-order valence-corrected chi connectivity index (χ2v) is 7.28. The Labute approximate surface area is 178 Å². The molecule has 0 saturated heterocycles. The fourth-order valence-electron chi connectivity index (χ4n) is 3.30. The molecular formula is C22H20ClN5O2. The highest BCUT2D eigenvalue weighted by Crippen LogP contribution is 2.31. The predicted molar refractivity (Wildman–Crippen MR) is 119 cm³/mol. The van der Waals surface area contributed by atoms with E-state index in [2.05, 4.69) is 10.3 Å². The van der Waals surface area contributed by atoms with E-state index in [4.69, 9.17) is 27.2 Å². The maximum absolute atomic E-state index is 13.0. The van der Waals surface area contributed by atoms with Crippen molar-refractivity contribution in [2.45, 2.75) is 26.8 Å². The number of nitrogens with two attached hydrogens (primary N) is 1. The summed E-state index contributed by atoms with van der Waals surface area (Å²) in [7, 11) is 0. The van der Waals surface area contributed by atoms with Gasteiger partial charge >= 0.3 is 0 Å². The number of nitriles is 1. The van der Waals surface area contributed by atoms with Crippen molar-refractivity contribution in [3.8, 4) is 6.07 Å². The lowest BCUT2D eigenvalue weighted by molar-refractivity contribution is 0.575. The Balaban J connectivity index is 2.22. The molecule has 3 aromatic rings. The average Bonchev–Trinajstić information content (AvgIpc) is 2.73. The summed E-state index contributed by atoms with van der Waals surface area (Å²) in [6, 6.07) is 8.65. The number of fused-ring (bicyclic) bond motifs is 1. The first-order valence-corrected chi connectivity index (χ1v) is 9.52. The van der Waals surface area contributed by atoms with E-state index in [1.54, 1.807) is 25.1 Å². The van der Waals surface area contributed by atoms with Crippen LogP contribution in [0.4, 0.5) is 5.69 Å². The number of aryl methyl sites for hydroxylation is 1. The summed E-state index contributed by atoms with van der Waals surface area (Å²) in [5.74, 6) is 0.258. The summed E-state index contributed by atoms with van der Waals surface area (Å²) in [5, 5.41) is 20.8. The van der Waals surface area contributed by atoms with E-state index in [1.807, 2.05) is 26.0 Å². The van der Waals surface area contributed by atoms with E-state index < -0.39 is 0 Å². The summed E-state index contributed by atoms with van der Waals surface area (Å²) in [6.07, 6.45) is 2.28. The van der Waals surface area contributed by atoms with Gasteiger partial charge in [-0.2, -0.15) is 5.26 Å². The van der Waals surface area contributed by atoms with Crippen LogP contribution in [-0.4, -0.2) is 11.2 Å². The molecule has 152 valence electrons. The van der Waals surface area contributed by atoms with Gasteiger partial charge in [0.1, 0.15) is 22.6 Å². The van der Waals surface area contributed by atoms with E-state index in [1.165, 1.54) is 6.20 Å². The largest absolute Gasteiger partial charge is 0.455 e. The minimum Gasteiger partial charge on any atom is -0.455 e. The van der Waals surface area contributed by atoms with Gasteiger partial charge in [0.2, 0.25) is 0 Å². The van der Waals surface area contributed by atoms with Crippen LogP contribution in [0.1, 0.15) is 41.1 Å². The van der Waals surface area contributed by atoms with Gasteiger partial charge in [-0.1, -0.05) is 17.7 Å². The molecule has 0 aliphatic heterocycles. The highest BCUT2D eigenvalue weighted by atomic mass is 35.5. The smallest absolute Gasteiger partial charge is 0.196 e. The number of aromatic nitrogens is 1. The first-order valence-electron chi connectivity index (χ1n) is 9.14. The van der Waals surface area contributed by atoms with E-state index in [-0.39, 0.29) is 28.1 Å². The van der Waals surface area contributed by atoms with Crippen LogP contribution in [0.5, 0.6) is 0 Å². The van der Waals surface area contributed by atoms with Gasteiger partial charge in [-0.25, -0.2) is 4.98 Å². The molecule has 3 rings (SSSR count). The summed E-state index contributed by atoms with van der Waals surface area (Å²) in [6.45, 7) is 5.43. The number of halogens is 1. The van der Waals surface area contributed by atoms with E-state index in [0.717, 1.165) is 17.3 Å². The Kier molecular flexibility index (Phi) is 5.90. The zero-order valence-corrected chi connectivity index (χ0v) is 17.5. The van der Waals surface area contributed by atoms with Gasteiger partial charge in [-0.3, -0.25) is 4.79 Å². The van der Waals surface area contributed by atoms with Crippen molar-refractivity contribution in [2.24, 2.45) is 5.73 Å². The number of rotatable bonds is 5. The summed E-state index contributed by atoms with van der Waals surface area (Å²) in [4.78, 5) is 17.0. The Bertz CT molecular complexity index is 1290. The fourth-order valence-corrected chi connectivity index (χ4v) is 3.45. The van der Waals surface area contributed by atoms with Gasteiger partial charge in [-0.05, 0) is 44.5 Å². The lowest BCUT2D eigenvalue weighted by Gasteiger charge is -2.19. The Morgan fingerprint density at radius 3 is 2.77 bits per heavy atom. The third-order valence-corrected chi connectivity index (χ3v) is 5.01. The highest BCUT2D eigenvalue weighted by molar-refractivity contribution is 6.29. The minimum absolute atomic E-state index is 0.168. The molecule has 2 heterocycles. The van der Waals surface area contributed by atoms with Crippen LogP contribution in [-0.2, 0) is 0 Å². The van der Waals surface area contributed by atoms with E-state index in [0.29, 0.717) is 27.8 Å². The van der Waals surface area contributed by atoms with E-state index >= 15 is 0 Å². The normalized spacial score (nSPS) is 12.4. The standard InChI is InChI=1S/C22H20ClN5O2/c1-11-6-15(13(3)27-17-4-5-19(23)28-18(17)10-26)22-16(7-11)20(29)12(2)21(30-22)14(8-24)9-25/h4-9,13,24,27H,25H2,1-3H3/b14-9+,24-8?/t13-/m1/s1. The number of pyridine rings is 1. The zero-order chi connectivity index (χ0) is 22.0. The van der Waals surface area contributed by atoms with Gasteiger partial charge in [-0.15, -0.1) is 0 Å². The molecule has 0 aliphatic carbocycles. The molecule has 0 bridgehead atoms. The molecule has 4 N–H and O–H groups in total. The van der Waals surface area contributed by atoms with Gasteiger partial charge in [0, 0.05) is 23.5 Å². The number of nitrogens with zero attached hydrogens (tertiary/aromatic N) is 2. The maximum Gasteiger partial charge on any atom is 0.196 e. The Morgan fingerprint density at radius 1 is 1.40 bits per heavy atom. The van der Waals surface area contributed by atoms with Crippen molar-refractivity contribution < 1.29 is 4.42 Å². The van der Waals surface area contributed by atoms with Gasteiger partial charge in [0.15, 0.2) is 11.1 Å². The number of nitrogens with one attached hydrogen (secondary N) is 2. The molecule has 0 unspecified atom stereocenters. The fraction of sp³-hybridized carbons (Fsp3) is 0.182.